The van der Waals surface area contributed by atoms with Crippen LogP contribution in [0.5, 0.6) is 11.5 Å². The minimum absolute atomic E-state index is 0.0297. The van der Waals surface area contributed by atoms with Crippen molar-refractivity contribution in [3.8, 4) is 11.5 Å². The Kier molecular flexibility index (Phi) is 15.6. The fraction of sp³-hybridized carbons (Fsp3) is 0.514. The Balaban J connectivity index is 1.51. The van der Waals surface area contributed by atoms with Gasteiger partial charge in [-0.05, 0) is 42.3 Å². The fourth-order valence-electron chi connectivity index (χ4n) is 5.33. The first-order valence-electron chi connectivity index (χ1n) is 16.3. The van der Waals surface area contributed by atoms with Crippen molar-refractivity contribution in [3.05, 3.63) is 84.2 Å². The molecule has 1 heterocycles. The summed E-state index contributed by atoms with van der Waals surface area (Å²) in [6.07, 6.45) is 20.9. The Morgan fingerprint density at radius 2 is 1.40 bits per heavy atom. The summed E-state index contributed by atoms with van der Waals surface area (Å²) < 4.78 is 13.9. The molecule has 0 saturated carbocycles. The summed E-state index contributed by atoms with van der Waals surface area (Å²) in [5.74, 6) is 1.43. The van der Waals surface area contributed by atoms with Gasteiger partial charge in [0.15, 0.2) is 23.9 Å². The Morgan fingerprint density at radius 1 is 0.738 bits per heavy atom. The maximum Gasteiger partial charge on any atom is 0.264 e. The average molecular weight is 574 g/mol. The van der Waals surface area contributed by atoms with E-state index in [0.717, 1.165) is 36.4 Å². The summed E-state index contributed by atoms with van der Waals surface area (Å²) in [6.45, 7) is 6.41. The van der Waals surface area contributed by atoms with Crippen LogP contribution in [0.4, 0.5) is 5.69 Å². The molecule has 3 rings (SSSR count). The van der Waals surface area contributed by atoms with Crippen LogP contribution in [0.25, 0.3) is 0 Å². The largest absolute Gasteiger partial charge is 0.493 e. The van der Waals surface area contributed by atoms with Crippen molar-refractivity contribution in [1.82, 2.24) is 0 Å². The second kappa shape index (κ2) is 19.7. The molecule has 228 valence electrons. The third kappa shape index (κ3) is 11.5. The molecule has 2 aromatic carbocycles. The Bertz CT molecular complexity index is 1160. The number of aromatic nitrogens is 1. The summed E-state index contributed by atoms with van der Waals surface area (Å²) in [4.78, 5) is 15.6. The second-order valence-corrected chi connectivity index (χ2v) is 11.3. The van der Waals surface area contributed by atoms with Crippen molar-refractivity contribution in [2.75, 3.05) is 18.6 Å². The minimum atomic E-state index is -0.0297. The summed E-state index contributed by atoms with van der Waals surface area (Å²) in [5.41, 5.74) is 2.52. The van der Waals surface area contributed by atoms with E-state index in [2.05, 4.69) is 18.4 Å². The number of ether oxygens (including phenoxy) is 2. The number of aryl methyl sites for hydroxylation is 1. The topological polar surface area (TPSA) is 42.7 Å². The number of rotatable bonds is 21. The highest BCUT2D eigenvalue weighted by Crippen LogP contribution is 2.30. The highest BCUT2D eigenvalue weighted by atomic mass is 16.5. The zero-order valence-corrected chi connectivity index (χ0v) is 26.4. The van der Waals surface area contributed by atoms with E-state index in [4.69, 9.17) is 9.47 Å². The number of benzene rings is 2. The van der Waals surface area contributed by atoms with E-state index in [1.807, 2.05) is 78.0 Å². The van der Waals surface area contributed by atoms with Crippen molar-refractivity contribution >= 4 is 11.6 Å². The van der Waals surface area contributed by atoms with Crippen LogP contribution in [0.3, 0.4) is 0 Å². The number of nitrogens with zero attached hydrogens (tertiary/aromatic N) is 2. The van der Waals surface area contributed by atoms with E-state index in [-0.39, 0.29) is 5.91 Å². The van der Waals surface area contributed by atoms with Crippen molar-refractivity contribution in [1.29, 1.82) is 0 Å². The average Bonchev–Trinajstić information content (AvgIpc) is 3.03. The number of amides is 1. The first kappa shape index (κ1) is 33.2. The Labute approximate surface area is 254 Å². The molecule has 0 saturated heterocycles. The SMILES string of the molecule is CCCCCCCCCCCCCCOc1ccc(CN(C(=O)c2ccc[n+](CCC)c2)c2ccccc2)cc1OC. The highest BCUT2D eigenvalue weighted by Gasteiger charge is 2.21. The van der Waals surface area contributed by atoms with Gasteiger partial charge in [0, 0.05) is 18.2 Å². The molecule has 1 amide bonds. The van der Waals surface area contributed by atoms with E-state index < -0.39 is 0 Å². The number of carbonyl (C=O) groups excluding carboxylic acids is 1. The number of methoxy groups -OCH3 is 1. The third-order valence-electron chi connectivity index (χ3n) is 7.72. The standard InChI is InChI=1S/C37H53N2O3/c1-4-6-7-8-9-10-11-12-13-14-15-19-28-42-35-25-24-32(29-36(35)41-3)30-39(34-22-17-16-18-23-34)37(40)33-21-20-27-38(31-33)26-5-2/h16-18,20-25,27,29,31H,4-15,19,26,28,30H2,1-3H3/q+1. The van der Waals surface area contributed by atoms with E-state index in [1.54, 1.807) is 7.11 Å². The van der Waals surface area contributed by atoms with Gasteiger partial charge >= 0.3 is 0 Å². The van der Waals surface area contributed by atoms with E-state index in [0.29, 0.717) is 24.5 Å². The quantitative estimate of drug-likeness (QED) is 0.0942. The molecular weight excluding hydrogens is 520 g/mol. The first-order chi connectivity index (χ1) is 20.7. The van der Waals surface area contributed by atoms with Crippen LogP contribution in [0.2, 0.25) is 0 Å². The van der Waals surface area contributed by atoms with Crippen molar-refractivity contribution < 1.29 is 18.8 Å². The zero-order valence-electron chi connectivity index (χ0n) is 26.4. The smallest absolute Gasteiger partial charge is 0.264 e. The van der Waals surface area contributed by atoms with Gasteiger partial charge in [-0.25, -0.2) is 4.57 Å². The molecule has 0 spiro atoms. The van der Waals surface area contributed by atoms with Gasteiger partial charge in [-0.15, -0.1) is 0 Å². The summed E-state index contributed by atoms with van der Waals surface area (Å²) in [7, 11) is 1.67. The number of anilines is 1. The van der Waals surface area contributed by atoms with Crippen molar-refractivity contribution in [3.63, 3.8) is 0 Å². The Morgan fingerprint density at radius 3 is 2.05 bits per heavy atom. The van der Waals surface area contributed by atoms with Gasteiger partial charge < -0.3 is 14.4 Å². The molecule has 0 fully saturated rings. The molecule has 0 aliphatic heterocycles. The lowest BCUT2D eigenvalue weighted by Crippen LogP contribution is -2.36. The molecule has 0 N–H and O–H groups in total. The molecule has 1 aromatic heterocycles. The van der Waals surface area contributed by atoms with Crippen LogP contribution in [-0.4, -0.2) is 19.6 Å². The third-order valence-corrected chi connectivity index (χ3v) is 7.72. The van der Waals surface area contributed by atoms with Gasteiger partial charge in [0.1, 0.15) is 12.1 Å². The molecule has 0 radical (unpaired) electrons. The van der Waals surface area contributed by atoms with Crippen molar-refractivity contribution in [2.45, 2.75) is 110 Å². The molecular formula is C37H53N2O3+. The van der Waals surface area contributed by atoms with Crippen LogP contribution >= 0.6 is 0 Å². The summed E-state index contributed by atoms with van der Waals surface area (Å²) in [5, 5.41) is 0. The number of hydrogen-bond acceptors (Lipinski definition) is 3. The van der Waals surface area contributed by atoms with Crippen LogP contribution in [0.1, 0.15) is 113 Å². The van der Waals surface area contributed by atoms with Gasteiger partial charge in [0.05, 0.1) is 20.3 Å². The molecule has 5 heteroatoms. The predicted octanol–water partition coefficient (Wildman–Crippen LogP) is 9.32. The van der Waals surface area contributed by atoms with Crippen LogP contribution < -0.4 is 18.9 Å². The lowest BCUT2D eigenvalue weighted by atomic mass is 10.1. The maximum absolute atomic E-state index is 13.7. The summed E-state index contributed by atoms with van der Waals surface area (Å²) >= 11 is 0. The maximum atomic E-state index is 13.7. The lowest BCUT2D eigenvalue weighted by molar-refractivity contribution is -0.697. The van der Waals surface area contributed by atoms with Gasteiger partial charge in [0.25, 0.3) is 5.91 Å². The van der Waals surface area contributed by atoms with E-state index in [1.165, 1.54) is 70.6 Å². The van der Waals surface area contributed by atoms with Crippen molar-refractivity contribution in [2.24, 2.45) is 0 Å². The molecule has 0 unspecified atom stereocenters. The zero-order chi connectivity index (χ0) is 29.8. The highest BCUT2D eigenvalue weighted by molar-refractivity contribution is 6.05. The first-order valence-corrected chi connectivity index (χ1v) is 16.3. The molecule has 0 bridgehead atoms. The fourth-order valence-corrected chi connectivity index (χ4v) is 5.33. The van der Waals surface area contributed by atoms with Gasteiger partial charge in [-0.2, -0.15) is 0 Å². The predicted molar refractivity (Wildman–Crippen MR) is 173 cm³/mol. The monoisotopic (exact) mass is 573 g/mol. The van der Waals surface area contributed by atoms with E-state index >= 15 is 0 Å². The minimum Gasteiger partial charge on any atom is -0.493 e. The second-order valence-electron chi connectivity index (χ2n) is 11.3. The molecule has 5 nitrogen and oxygen atoms in total. The van der Waals surface area contributed by atoms with Crippen LogP contribution in [0, 0.1) is 0 Å². The van der Waals surface area contributed by atoms with E-state index in [9.17, 15) is 4.79 Å². The number of pyridine rings is 1. The van der Waals surface area contributed by atoms with Gasteiger partial charge in [0.2, 0.25) is 0 Å². The van der Waals surface area contributed by atoms with Gasteiger partial charge in [-0.1, -0.05) is 109 Å². The summed E-state index contributed by atoms with van der Waals surface area (Å²) in [6, 6.07) is 19.7. The van der Waals surface area contributed by atoms with Crippen LogP contribution in [-0.2, 0) is 13.1 Å². The molecule has 3 aromatic rings. The number of unbranched alkanes of at least 4 members (excludes halogenated alkanes) is 11. The number of para-hydroxylation sites is 1. The Hall–Kier alpha value is -3.34. The lowest BCUT2D eigenvalue weighted by Gasteiger charge is -2.23. The van der Waals surface area contributed by atoms with Crippen LogP contribution in [0.15, 0.2) is 73.1 Å². The number of carbonyl (C=O) groups is 1. The molecule has 0 aliphatic carbocycles. The normalized spacial score (nSPS) is 10.9. The van der Waals surface area contributed by atoms with Gasteiger partial charge in [-0.3, -0.25) is 4.79 Å². The molecule has 42 heavy (non-hydrogen) atoms. The molecule has 0 aliphatic rings. The number of hydrogen-bond donors (Lipinski definition) is 0. The molecule has 0 atom stereocenters.